The molecule has 3 N–H and O–H groups in total. The lowest BCUT2D eigenvalue weighted by Gasteiger charge is -2.18. The Labute approximate surface area is 170 Å². The van der Waals surface area contributed by atoms with Gasteiger partial charge < -0.3 is 5.11 Å². The van der Waals surface area contributed by atoms with Crippen LogP contribution in [0, 0.1) is 0 Å². The van der Waals surface area contributed by atoms with Gasteiger partial charge in [0.2, 0.25) is 5.69 Å². The number of unbranched alkanes of at least 4 members (excludes halogenated alkanes) is 2. The molecule has 1 atom stereocenters. The monoisotopic (exact) mass is 448 g/mol. The first-order valence-electron chi connectivity index (χ1n) is 9.23. The van der Waals surface area contributed by atoms with Crippen LogP contribution in [-0.2, 0) is 30.4 Å². The van der Waals surface area contributed by atoms with E-state index in [9.17, 15) is 26.2 Å². The average molecular weight is 449 g/mol. The maximum atomic E-state index is 11.5. The van der Waals surface area contributed by atoms with E-state index in [1.165, 1.54) is 12.1 Å². The van der Waals surface area contributed by atoms with Crippen LogP contribution in [0.1, 0.15) is 51.0 Å². The number of benzene rings is 1. The maximum absolute atomic E-state index is 11.5. The van der Waals surface area contributed by atoms with Gasteiger partial charge in [-0.3, -0.25) is 13.9 Å². The van der Waals surface area contributed by atoms with E-state index in [0.717, 1.165) is 12.1 Å². The molecule has 0 saturated carbocycles. The first kappa shape index (κ1) is 23.5. The summed E-state index contributed by atoms with van der Waals surface area (Å²) in [5.41, 5.74) is 0.723. The van der Waals surface area contributed by atoms with Crippen LogP contribution in [0.2, 0.25) is 0 Å². The standard InChI is InChI=1S/C18H25NO8S2/c1-18(9-5-11-28(22,23)24)13-19(10-4-2-3-6-17(20)21)16-8-7-14(12-15(16)18)29(25,26)27/h7-8,12-13H,2-6,9-11H2,1H3,(H2-,20,21,22,23,24,25,26,27)/p+1. The van der Waals surface area contributed by atoms with Crippen LogP contribution in [0.25, 0.3) is 0 Å². The minimum absolute atomic E-state index is 0.103. The van der Waals surface area contributed by atoms with Gasteiger partial charge in [0.25, 0.3) is 20.2 Å². The Morgan fingerprint density at radius 1 is 1.07 bits per heavy atom. The van der Waals surface area contributed by atoms with Crippen LogP contribution < -0.4 is 0 Å². The third kappa shape index (κ3) is 6.59. The zero-order valence-corrected chi connectivity index (χ0v) is 17.7. The molecule has 2 rings (SSSR count). The molecule has 1 aromatic carbocycles. The van der Waals surface area contributed by atoms with Crippen molar-refractivity contribution in [3.8, 4) is 0 Å². The molecule has 0 spiro atoms. The summed E-state index contributed by atoms with van der Waals surface area (Å²) in [4.78, 5) is 10.4. The predicted octanol–water partition coefficient (Wildman–Crippen LogP) is 2.23. The summed E-state index contributed by atoms with van der Waals surface area (Å²) in [6, 6.07) is 4.29. The fraction of sp³-hybridized carbons (Fsp3) is 0.556. The molecule has 0 aliphatic carbocycles. The normalized spacial score (nSPS) is 19.1. The molecule has 0 amide bonds. The predicted molar refractivity (Wildman–Crippen MR) is 106 cm³/mol. The van der Waals surface area contributed by atoms with Crippen LogP contribution in [0.15, 0.2) is 23.1 Å². The molecule has 0 saturated heterocycles. The van der Waals surface area contributed by atoms with Crippen LogP contribution in [-0.4, -0.2) is 60.1 Å². The Morgan fingerprint density at radius 3 is 2.34 bits per heavy atom. The zero-order valence-electron chi connectivity index (χ0n) is 16.1. The number of nitrogens with zero attached hydrogens (tertiary/aromatic N) is 1. The van der Waals surface area contributed by atoms with Crippen LogP contribution >= 0.6 is 0 Å². The van der Waals surface area contributed by atoms with Gasteiger partial charge in [0, 0.05) is 24.5 Å². The number of hydrogen-bond donors (Lipinski definition) is 3. The maximum Gasteiger partial charge on any atom is 0.303 e. The summed E-state index contributed by atoms with van der Waals surface area (Å²) in [7, 11) is -8.50. The molecule has 0 fully saturated rings. The van der Waals surface area contributed by atoms with Crippen LogP contribution in [0.4, 0.5) is 5.69 Å². The SMILES string of the molecule is CC1(CCCS(=O)(=O)O)C=[N+](CCCCCC(=O)O)c2ccc(S(=O)(=O)O)cc21. The Kier molecular flexibility index (Phi) is 7.20. The van der Waals surface area contributed by atoms with E-state index < -0.39 is 37.4 Å². The van der Waals surface area contributed by atoms with Gasteiger partial charge >= 0.3 is 5.97 Å². The Bertz CT molecular complexity index is 1010. The van der Waals surface area contributed by atoms with Crippen molar-refractivity contribution >= 4 is 38.1 Å². The molecule has 0 aromatic heterocycles. The quantitative estimate of drug-likeness (QED) is 0.265. The van der Waals surface area contributed by atoms with E-state index in [1.54, 1.807) is 6.07 Å². The summed E-state index contributed by atoms with van der Waals surface area (Å²) in [6.45, 7) is 2.43. The average Bonchev–Trinajstić information content (AvgIpc) is 2.84. The summed E-state index contributed by atoms with van der Waals surface area (Å²) in [5, 5.41) is 8.71. The molecular weight excluding hydrogens is 422 g/mol. The Hall–Kier alpha value is -1.82. The van der Waals surface area contributed by atoms with Gasteiger partial charge in [-0.2, -0.15) is 16.8 Å². The highest BCUT2D eigenvalue weighted by Gasteiger charge is 2.41. The highest BCUT2D eigenvalue weighted by atomic mass is 32.2. The highest BCUT2D eigenvalue weighted by molar-refractivity contribution is 7.86. The number of rotatable bonds is 11. The number of fused-ring (bicyclic) bond motifs is 1. The van der Waals surface area contributed by atoms with E-state index in [-0.39, 0.29) is 17.7 Å². The van der Waals surface area contributed by atoms with Crippen molar-refractivity contribution in [1.29, 1.82) is 0 Å². The molecule has 11 heteroatoms. The summed E-state index contributed by atoms with van der Waals surface area (Å²) >= 11 is 0. The molecule has 0 bridgehead atoms. The Balaban J connectivity index is 2.25. The molecule has 1 unspecified atom stereocenters. The molecule has 0 radical (unpaired) electrons. The van der Waals surface area contributed by atoms with E-state index in [2.05, 4.69) is 0 Å². The number of carboxylic acids is 1. The third-order valence-electron chi connectivity index (χ3n) is 5.02. The van der Waals surface area contributed by atoms with Crippen molar-refractivity contribution in [2.24, 2.45) is 0 Å². The summed E-state index contributed by atoms with van der Waals surface area (Å²) in [6.07, 6.45) is 4.53. The van der Waals surface area contributed by atoms with E-state index in [1.807, 2.05) is 17.7 Å². The number of hydrogen-bond acceptors (Lipinski definition) is 5. The molecule has 1 aliphatic heterocycles. The van der Waals surface area contributed by atoms with Crippen molar-refractivity contribution in [2.45, 2.75) is 55.8 Å². The van der Waals surface area contributed by atoms with Gasteiger partial charge in [-0.15, -0.1) is 0 Å². The van der Waals surface area contributed by atoms with Crippen LogP contribution in [0.5, 0.6) is 0 Å². The second-order valence-electron chi connectivity index (χ2n) is 7.49. The summed E-state index contributed by atoms with van der Waals surface area (Å²) in [5.74, 6) is -1.24. The summed E-state index contributed by atoms with van der Waals surface area (Å²) < 4.78 is 65.4. The van der Waals surface area contributed by atoms with Gasteiger partial charge in [0.1, 0.15) is 6.54 Å². The van der Waals surface area contributed by atoms with E-state index in [0.29, 0.717) is 31.4 Å². The second-order valence-corrected chi connectivity index (χ2v) is 10.5. The highest BCUT2D eigenvalue weighted by Crippen LogP contribution is 2.40. The van der Waals surface area contributed by atoms with Crippen molar-refractivity contribution < 1.29 is 40.4 Å². The van der Waals surface area contributed by atoms with Crippen LogP contribution in [0.3, 0.4) is 0 Å². The molecular formula is C18H26NO8S2+. The smallest absolute Gasteiger partial charge is 0.303 e. The number of carbonyl (C=O) groups is 1. The molecule has 162 valence electrons. The Morgan fingerprint density at radius 2 is 1.76 bits per heavy atom. The van der Waals surface area contributed by atoms with Crippen molar-refractivity contribution in [1.82, 2.24) is 0 Å². The molecule has 9 nitrogen and oxygen atoms in total. The lowest BCUT2D eigenvalue weighted by atomic mass is 9.81. The topological polar surface area (TPSA) is 149 Å². The molecule has 1 heterocycles. The minimum Gasteiger partial charge on any atom is -0.481 e. The zero-order chi connectivity index (χ0) is 21.9. The number of aliphatic carboxylic acids is 1. The molecule has 29 heavy (non-hydrogen) atoms. The largest absolute Gasteiger partial charge is 0.481 e. The van der Waals surface area contributed by atoms with Gasteiger partial charge in [0.15, 0.2) is 6.21 Å². The fourth-order valence-corrected chi connectivity index (χ4v) is 4.62. The lowest BCUT2D eigenvalue weighted by Crippen LogP contribution is -2.24. The van der Waals surface area contributed by atoms with E-state index >= 15 is 0 Å². The molecule has 1 aliphatic rings. The van der Waals surface area contributed by atoms with Crippen molar-refractivity contribution in [3.05, 3.63) is 23.8 Å². The van der Waals surface area contributed by atoms with Crippen molar-refractivity contribution in [2.75, 3.05) is 12.3 Å². The van der Waals surface area contributed by atoms with E-state index in [4.69, 9.17) is 9.66 Å². The second kappa shape index (κ2) is 8.90. The van der Waals surface area contributed by atoms with Crippen molar-refractivity contribution in [3.63, 3.8) is 0 Å². The molecule has 1 aromatic rings. The van der Waals surface area contributed by atoms with Gasteiger partial charge in [0.05, 0.1) is 16.1 Å². The van der Waals surface area contributed by atoms with Gasteiger partial charge in [-0.25, -0.2) is 4.58 Å². The lowest BCUT2D eigenvalue weighted by molar-refractivity contribution is -0.434. The first-order chi connectivity index (χ1) is 13.3. The third-order valence-corrected chi connectivity index (χ3v) is 6.67. The minimum atomic E-state index is -4.39. The van der Waals surface area contributed by atoms with Gasteiger partial charge in [-0.1, -0.05) is 0 Å². The van der Waals surface area contributed by atoms with Gasteiger partial charge in [-0.05, 0) is 44.7 Å². The number of carboxylic acid groups (broad SMARTS) is 1. The first-order valence-corrected chi connectivity index (χ1v) is 12.3. The fourth-order valence-electron chi connectivity index (χ4n) is 3.61.